The van der Waals surface area contributed by atoms with Gasteiger partial charge in [0.2, 0.25) is 0 Å². The van der Waals surface area contributed by atoms with Crippen molar-refractivity contribution < 1.29 is 4.74 Å². The lowest BCUT2D eigenvalue weighted by Crippen LogP contribution is -2.06. The molecule has 1 aliphatic rings. The van der Waals surface area contributed by atoms with Crippen LogP contribution in [0.2, 0.25) is 0 Å². The van der Waals surface area contributed by atoms with Crippen LogP contribution in [0.5, 0.6) is 5.75 Å². The summed E-state index contributed by atoms with van der Waals surface area (Å²) in [5, 5.41) is 1.07. The van der Waals surface area contributed by atoms with E-state index in [-0.39, 0.29) is 0 Å². The third-order valence-electron chi connectivity index (χ3n) is 4.58. The van der Waals surface area contributed by atoms with Crippen LogP contribution in [0.3, 0.4) is 0 Å². The Balaban J connectivity index is 1.91. The van der Waals surface area contributed by atoms with Crippen molar-refractivity contribution in [1.29, 1.82) is 0 Å². The number of pyridine rings is 1. The largest absolute Gasteiger partial charge is 0.497 e. The summed E-state index contributed by atoms with van der Waals surface area (Å²) in [5.74, 6) is 0.844. The Morgan fingerprint density at radius 2 is 1.88 bits per heavy atom. The smallest absolute Gasteiger partial charge is 0.119 e. The second-order valence-electron chi connectivity index (χ2n) is 6.14. The fraction of sp³-hybridized carbons (Fsp3) is 0.238. The third kappa shape index (κ3) is 2.78. The standard InChI is InChI=1S/C21H20N2O/c1-24-16-11-12-20-18(13-16)21(17-9-5-6-10-19(17)23-20)22-14-15-7-3-2-4-8-15/h2-4,7-8,11-14H,5-6,9-10H2,1H3. The molecule has 3 nitrogen and oxygen atoms in total. The van der Waals surface area contributed by atoms with Crippen molar-refractivity contribution in [2.24, 2.45) is 4.99 Å². The lowest BCUT2D eigenvalue weighted by Gasteiger charge is -2.19. The van der Waals surface area contributed by atoms with Gasteiger partial charge in [-0.25, -0.2) is 0 Å². The molecular weight excluding hydrogens is 296 g/mol. The van der Waals surface area contributed by atoms with Crippen LogP contribution in [-0.4, -0.2) is 18.3 Å². The van der Waals surface area contributed by atoms with Crippen LogP contribution in [0.1, 0.15) is 29.7 Å². The number of benzene rings is 2. The maximum absolute atomic E-state index is 5.40. The number of hydrogen-bond acceptors (Lipinski definition) is 3. The minimum Gasteiger partial charge on any atom is -0.497 e. The van der Waals surface area contributed by atoms with E-state index in [0.717, 1.165) is 40.7 Å². The van der Waals surface area contributed by atoms with Crippen LogP contribution < -0.4 is 4.74 Å². The monoisotopic (exact) mass is 316 g/mol. The summed E-state index contributed by atoms with van der Waals surface area (Å²) in [6.07, 6.45) is 6.47. The quantitative estimate of drug-likeness (QED) is 0.646. The van der Waals surface area contributed by atoms with Crippen LogP contribution in [0.4, 0.5) is 5.69 Å². The van der Waals surface area contributed by atoms with E-state index in [1.165, 1.54) is 24.1 Å². The van der Waals surface area contributed by atoms with E-state index < -0.39 is 0 Å². The van der Waals surface area contributed by atoms with Crippen LogP contribution in [0.25, 0.3) is 10.9 Å². The predicted octanol–water partition coefficient (Wildman–Crippen LogP) is 4.87. The second-order valence-corrected chi connectivity index (χ2v) is 6.14. The van der Waals surface area contributed by atoms with Crippen LogP contribution >= 0.6 is 0 Å². The van der Waals surface area contributed by atoms with E-state index in [1.54, 1.807) is 7.11 Å². The van der Waals surface area contributed by atoms with Crippen molar-refractivity contribution in [2.75, 3.05) is 7.11 Å². The zero-order valence-electron chi connectivity index (χ0n) is 13.8. The van der Waals surface area contributed by atoms with Crippen molar-refractivity contribution in [3.63, 3.8) is 0 Å². The molecule has 0 atom stereocenters. The molecule has 0 saturated carbocycles. The van der Waals surface area contributed by atoms with Gasteiger partial charge in [0.15, 0.2) is 0 Å². The molecule has 0 bridgehead atoms. The fourth-order valence-corrected chi connectivity index (χ4v) is 3.33. The van der Waals surface area contributed by atoms with E-state index in [9.17, 15) is 0 Å². The van der Waals surface area contributed by atoms with Gasteiger partial charge in [-0.05, 0) is 55.0 Å². The summed E-state index contributed by atoms with van der Waals surface area (Å²) < 4.78 is 5.40. The molecule has 3 aromatic rings. The molecule has 0 radical (unpaired) electrons. The molecule has 1 heterocycles. The highest BCUT2D eigenvalue weighted by molar-refractivity contribution is 5.96. The number of aryl methyl sites for hydroxylation is 1. The van der Waals surface area contributed by atoms with Crippen molar-refractivity contribution in [2.45, 2.75) is 25.7 Å². The molecule has 2 aromatic carbocycles. The Hall–Kier alpha value is -2.68. The highest BCUT2D eigenvalue weighted by Gasteiger charge is 2.18. The Labute approximate surface area is 142 Å². The van der Waals surface area contributed by atoms with Gasteiger partial charge in [-0.3, -0.25) is 9.98 Å². The zero-order chi connectivity index (χ0) is 16.4. The minimum atomic E-state index is 0.844. The lowest BCUT2D eigenvalue weighted by atomic mass is 9.93. The molecule has 24 heavy (non-hydrogen) atoms. The minimum absolute atomic E-state index is 0.844. The van der Waals surface area contributed by atoms with Crippen LogP contribution in [0, 0.1) is 0 Å². The first-order valence-corrected chi connectivity index (χ1v) is 8.44. The summed E-state index contributed by atoms with van der Waals surface area (Å²) in [6.45, 7) is 0. The molecule has 3 heteroatoms. The predicted molar refractivity (Wildman–Crippen MR) is 98.6 cm³/mol. The molecule has 0 N–H and O–H groups in total. The van der Waals surface area contributed by atoms with Crippen molar-refractivity contribution in [1.82, 2.24) is 4.98 Å². The van der Waals surface area contributed by atoms with Gasteiger partial charge in [0.25, 0.3) is 0 Å². The highest BCUT2D eigenvalue weighted by Crippen LogP contribution is 2.36. The summed E-state index contributed by atoms with van der Waals surface area (Å²) in [4.78, 5) is 9.75. The molecule has 1 aromatic heterocycles. The first-order valence-electron chi connectivity index (χ1n) is 8.44. The zero-order valence-corrected chi connectivity index (χ0v) is 13.8. The van der Waals surface area contributed by atoms with E-state index in [4.69, 9.17) is 14.7 Å². The topological polar surface area (TPSA) is 34.5 Å². The molecular formula is C21H20N2O. The van der Waals surface area contributed by atoms with Crippen LogP contribution in [-0.2, 0) is 12.8 Å². The van der Waals surface area contributed by atoms with Crippen molar-refractivity contribution in [3.05, 3.63) is 65.4 Å². The van der Waals surface area contributed by atoms with Gasteiger partial charge < -0.3 is 4.74 Å². The molecule has 4 rings (SSSR count). The maximum Gasteiger partial charge on any atom is 0.119 e. The average Bonchev–Trinajstić information content (AvgIpc) is 2.65. The summed E-state index contributed by atoms with van der Waals surface area (Å²) >= 11 is 0. The van der Waals surface area contributed by atoms with Gasteiger partial charge >= 0.3 is 0 Å². The summed E-state index contributed by atoms with van der Waals surface area (Å²) in [5.41, 5.74) is 5.66. The van der Waals surface area contributed by atoms with Crippen molar-refractivity contribution >= 4 is 22.8 Å². The number of hydrogen-bond donors (Lipinski definition) is 0. The highest BCUT2D eigenvalue weighted by atomic mass is 16.5. The molecule has 0 amide bonds. The van der Waals surface area contributed by atoms with E-state index >= 15 is 0 Å². The Kier molecular flexibility index (Phi) is 3.99. The van der Waals surface area contributed by atoms with Gasteiger partial charge in [0.1, 0.15) is 5.75 Å². The number of nitrogens with zero attached hydrogens (tertiary/aromatic N) is 2. The van der Waals surface area contributed by atoms with E-state index in [1.807, 2.05) is 36.5 Å². The van der Waals surface area contributed by atoms with Crippen molar-refractivity contribution in [3.8, 4) is 5.75 Å². The first-order chi connectivity index (χ1) is 11.8. The molecule has 0 unspecified atom stereocenters. The summed E-state index contributed by atoms with van der Waals surface area (Å²) in [6, 6.07) is 16.3. The average molecular weight is 316 g/mol. The van der Waals surface area contributed by atoms with Crippen LogP contribution in [0.15, 0.2) is 53.5 Å². The normalized spacial score (nSPS) is 14.0. The van der Waals surface area contributed by atoms with Gasteiger partial charge in [0, 0.05) is 17.3 Å². The van der Waals surface area contributed by atoms with E-state index in [0.29, 0.717) is 0 Å². The van der Waals surface area contributed by atoms with Gasteiger partial charge in [-0.2, -0.15) is 0 Å². The Morgan fingerprint density at radius 3 is 2.71 bits per heavy atom. The number of methoxy groups -OCH3 is 1. The van der Waals surface area contributed by atoms with Gasteiger partial charge in [-0.1, -0.05) is 30.3 Å². The molecule has 0 aliphatic heterocycles. The maximum atomic E-state index is 5.40. The second kappa shape index (κ2) is 6.44. The summed E-state index contributed by atoms with van der Waals surface area (Å²) in [7, 11) is 1.69. The third-order valence-corrected chi connectivity index (χ3v) is 4.58. The van der Waals surface area contributed by atoms with Gasteiger partial charge in [0.05, 0.1) is 18.3 Å². The lowest BCUT2D eigenvalue weighted by molar-refractivity contribution is 0.415. The number of fused-ring (bicyclic) bond motifs is 2. The molecule has 0 spiro atoms. The SMILES string of the molecule is COc1ccc2nc3c(c(N=Cc4ccccc4)c2c1)CCCC3. The Bertz CT molecular complexity index is 901. The molecule has 0 fully saturated rings. The molecule has 0 saturated heterocycles. The number of aromatic nitrogens is 1. The Morgan fingerprint density at radius 1 is 1.04 bits per heavy atom. The van der Waals surface area contributed by atoms with E-state index in [2.05, 4.69) is 18.2 Å². The fourth-order valence-electron chi connectivity index (χ4n) is 3.33. The number of ether oxygens (including phenoxy) is 1. The van der Waals surface area contributed by atoms with Gasteiger partial charge in [-0.15, -0.1) is 0 Å². The molecule has 120 valence electrons. The first kappa shape index (κ1) is 14.9. The molecule has 1 aliphatic carbocycles. The number of rotatable bonds is 3. The number of aliphatic imine (C=N–C) groups is 1.